The summed E-state index contributed by atoms with van der Waals surface area (Å²) in [6.07, 6.45) is 3.68. The molecule has 0 saturated carbocycles. The third kappa shape index (κ3) is 3.84. The topological polar surface area (TPSA) is 138 Å². The SMILES string of the molecule is CNc1cc(F)c(F)c2c1[nH]c1nc(Oc3cnc([C@@H](C)O)nc3)nc(N3CCC[C@@H](N)C3)c12. The van der Waals surface area contributed by atoms with Crippen LogP contribution in [0.4, 0.5) is 20.3 Å². The fourth-order valence-electron chi connectivity index (χ4n) is 4.23. The van der Waals surface area contributed by atoms with Crippen LogP contribution in [0.1, 0.15) is 31.7 Å². The second kappa shape index (κ2) is 8.61. The van der Waals surface area contributed by atoms with Crippen LogP contribution >= 0.6 is 0 Å². The molecule has 3 aromatic heterocycles. The first-order valence-electron chi connectivity index (χ1n) is 10.9. The summed E-state index contributed by atoms with van der Waals surface area (Å²) < 4.78 is 35.3. The van der Waals surface area contributed by atoms with Gasteiger partial charge in [-0.05, 0) is 19.8 Å². The summed E-state index contributed by atoms with van der Waals surface area (Å²) in [6, 6.07) is 0.993. The number of aliphatic hydroxyl groups is 1. The largest absolute Gasteiger partial charge is 0.421 e. The van der Waals surface area contributed by atoms with E-state index in [1.807, 2.05) is 4.90 Å². The Bertz CT molecular complexity index is 1360. The highest BCUT2D eigenvalue weighted by atomic mass is 19.2. The fraction of sp³-hybridized carbons (Fsp3) is 0.364. The number of benzene rings is 1. The summed E-state index contributed by atoms with van der Waals surface area (Å²) in [7, 11) is 1.62. The van der Waals surface area contributed by atoms with Crippen molar-refractivity contribution < 1.29 is 18.6 Å². The summed E-state index contributed by atoms with van der Waals surface area (Å²) in [6.45, 7) is 2.70. The van der Waals surface area contributed by atoms with Crippen LogP contribution in [0, 0.1) is 11.6 Å². The highest BCUT2D eigenvalue weighted by Crippen LogP contribution is 2.39. The van der Waals surface area contributed by atoms with Crippen molar-refractivity contribution in [2.24, 2.45) is 5.73 Å². The van der Waals surface area contributed by atoms with Crippen molar-refractivity contribution >= 4 is 33.4 Å². The highest BCUT2D eigenvalue weighted by molar-refractivity contribution is 6.15. The van der Waals surface area contributed by atoms with E-state index in [0.29, 0.717) is 35.5 Å². The van der Waals surface area contributed by atoms with E-state index in [-0.39, 0.29) is 34.7 Å². The van der Waals surface area contributed by atoms with Crippen molar-refractivity contribution in [3.8, 4) is 11.8 Å². The Labute approximate surface area is 193 Å². The van der Waals surface area contributed by atoms with Gasteiger partial charge in [0.25, 0.3) is 0 Å². The van der Waals surface area contributed by atoms with Gasteiger partial charge in [0.15, 0.2) is 23.2 Å². The van der Waals surface area contributed by atoms with Crippen molar-refractivity contribution in [2.75, 3.05) is 30.4 Å². The lowest BCUT2D eigenvalue weighted by Crippen LogP contribution is -2.43. The average Bonchev–Trinajstić information content (AvgIpc) is 3.21. The summed E-state index contributed by atoms with van der Waals surface area (Å²) >= 11 is 0. The Morgan fingerprint density at radius 3 is 2.71 bits per heavy atom. The number of nitrogens with one attached hydrogen (secondary N) is 2. The molecule has 4 aromatic rings. The molecule has 34 heavy (non-hydrogen) atoms. The van der Waals surface area contributed by atoms with Crippen LogP contribution in [0.15, 0.2) is 18.5 Å². The van der Waals surface area contributed by atoms with Gasteiger partial charge in [-0.3, -0.25) is 0 Å². The summed E-state index contributed by atoms with van der Waals surface area (Å²) in [4.78, 5) is 22.1. The Hall–Kier alpha value is -3.64. The minimum absolute atomic E-state index is 0.0199. The van der Waals surface area contributed by atoms with Crippen LogP contribution in [-0.4, -0.2) is 56.2 Å². The number of halogens is 2. The van der Waals surface area contributed by atoms with Crippen LogP contribution in [0.3, 0.4) is 0 Å². The molecule has 0 radical (unpaired) electrons. The number of aromatic nitrogens is 5. The number of rotatable bonds is 5. The van der Waals surface area contributed by atoms with Gasteiger partial charge in [0, 0.05) is 32.2 Å². The van der Waals surface area contributed by atoms with E-state index in [1.54, 1.807) is 14.0 Å². The third-order valence-corrected chi connectivity index (χ3v) is 5.84. The quantitative estimate of drug-likeness (QED) is 0.347. The molecule has 5 rings (SSSR count). The molecule has 10 nitrogen and oxygen atoms in total. The molecule has 1 aliphatic rings. The Morgan fingerprint density at radius 1 is 1.26 bits per heavy atom. The zero-order chi connectivity index (χ0) is 24.0. The summed E-state index contributed by atoms with van der Waals surface area (Å²) in [5, 5.41) is 12.9. The minimum Gasteiger partial charge on any atom is -0.421 e. The number of nitrogens with two attached hydrogens (primary N) is 1. The van der Waals surface area contributed by atoms with Crippen LogP contribution in [-0.2, 0) is 0 Å². The van der Waals surface area contributed by atoms with Gasteiger partial charge in [-0.15, -0.1) is 0 Å². The second-order valence-corrected chi connectivity index (χ2v) is 8.30. The van der Waals surface area contributed by atoms with Gasteiger partial charge in [0.1, 0.15) is 17.6 Å². The lowest BCUT2D eigenvalue weighted by molar-refractivity contribution is 0.188. The molecule has 1 saturated heterocycles. The molecule has 0 unspecified atom stereocenters. The summed E-state index contributed by atoms with van der Waals surface area (Å²) in [5.41, 5.74) is 7.23. The molecule has 2 atom stereocenters. The molecule has 0 amide bonds. The van der Waals surface area contributed by atoms with Crippen LogP contribution < -0.4 is 20.7 Å². The second-order valence-electron chi connectivity index (χ2n) is 8.30. The van der Waals surface area contributed by atoms with Crippen LogP contribution in [0.25, 0.3) is 21.9 Å². The number of hydrogen-bond donors (Lipinski definition) is 4. The monoisotopic (exact) mass is 470 g/mol. The molecule has 1 aliphatic heterocycles. The van der Waals surface area contributed by atoms with E-state index >= 15 is 4.39 Å². The van der Waals surface area contributed by atoms with Gasteiger partial charge in [0.2, 0.25) is 0 Å². The predicted octanol–water partition coefficient (Wildman–Crippen LogP) is 2.99. The molecule has 4 heterocycles. The average molecular weight is 470 g/mol. The molecular weight excluding hydrogens is 446 g/mol. The van der Waals surface area contributed by atoms with E-state index in [1.165, 1.54) is 12.4 Å². The summed E-state index contributed by atoms with van der Waals surface area (Å²) in [5.74, 6) is -1.06. The Morgan fingerprint density at radius 2 is 2.03 bits per heavy atom. The first-order chi connectivity index (χ1) is 16.4. The van der Waals surface area contributed by atoms with Crippen LogP contribution in [0.5, 0.6) is 11.8 Å². The number of ether oxygens (including phenoxy) is 1. The van der Waals surface area contributed by atoms with E-state index in [2.05, 4.69) is 30.2 Å². The smallest absolute Gasteiger partial charge is 0.326 e. The maximum Gasteiger partial charge on any atom is 0.326 e. The maximum absolute atomic E-state index is 15.1. The fourth-order valence-corrected chi connectivity index (χ4v) is 4.23. The van der Waals surface area contributed by atoms with Crippen molar-refractivity contribution in [1.29, 1.82) is 0 Å². The number of aromatic amines is 1. The Balaban J connectivity index is 1.69. The first-order valence-corrected chi connectivity index (χ1v) is 10.9. The molecule has 5 N–H and O–H groups in total. The van der Waals surface area contributed by atoms with Gasteiger partial charge in [0.05, 0.1) is 34.4 Å². The van der Waals surface area contributed by atoms with Gasteiger partial charge >= 0.3 is 6.01 Å². The number of anilines is 2. The number of H-pyrrole nitrogens is 1. The normalized spacial score (nSPS) is 17.4. The number of nitrogens with zero attached hydrogens (tertiary/aromatic N) is 5. The molecule has 1 aromatic carbocycles. The standard InChI is InChI=1S/C22H24F2N8O2/c1-10(33)19-27-7-12(8-28-19)34-22-30-20-16(21(31-22)32-5-3-4-11(25)9-32)15-17(24)13(23)6-14(26-2)18(15)29-20/h6-8,10-11,26,33H,3-5,9,25H2,1-2H3,(H,29,30,31)/t10-,11-/m1/s1. The van der Waals surface area contributed by atoms with Crippen molar-refractivity contribution in [3.05, 3.63) is 35.9 Å². The van der Waals surface area contributed by atoms with Gasteiger partial charge < -0.3 is 30.8 Å². The number of aliphatic hydroxyl groups excluding tert-OH is 1. The zero-order valence-corrected chi connectivity index (χ0v) is 18.6. The van der Waals surface area contributed by atoms with E-state index in [4.69, 9.17) is 10.5 Å². The van der Waals surface area contributed by atoms with Gasteiger partial charge in [-0.1, -0.05) is 0 Å². The van der Waals surface area contributed by atoms with E-state index in [9.17, 15) is 9.50 Å². The zero-order valence-electron chi connectivity index (χ0n) is 18.6. The minimum atomic E-state index is -0.984. The lowest BCUT2D eigenvalue weighted by atomic mass is 10.1. The highest BCUT2D eigenvalue weighted by Gasteiger charge is 2.27. The molecule has 0 aliphatic carbocycles. The number of hydrogen-bond acceptors (Lipinski definition) is 9. The maximum atomic E-state index is 15.1. The number of piperidine rings is 1. The lowest BCUT2D eigenvalue weighted by Gasteiger charge is -2.32. The predicted molar refractivity (Wildman–Crippen MR) is 123 cm³/mol. The molecule has 178 valence electrons. The Kier molecular flexibility index (Phi) is 5.62. The van der Waals surface area contributed by atoms with E-state index in [0.717, 1.165) is 18.9 Å². The molecule has 0 spiro atoms. The van der Waals surface area contributed by atoms with Crippen molar-refractivity contribution in [1.82, 2.24) is 24.9 Å². The molecular formula is C22H24F2N8O2. The van der Waals surface area contributed by atoms with Crippen molar-refractivity contribution in [3.63, 3.8) is 0 Å². The molecule has 0 bridgehead atoms. The van der Waals surface area contributed by atoms with Crippen LogP contribution in [0.2, 0.25) is 0 Å². The molecule has 1 fully saturated rings. The molecule has 12 heteroatoms. The third-order valence-electron chi connectivity index (χ3n) is 5.84. The van der Waals surface area contributed by atoms with Crippen molar-refractivity contribution in [2.45, 2.75) is 31.9 Å². The van der Waals surface area contributed by atoms with E-state index < -0.39 is 17.7 Å². The first kappa shape index (κ1) is 22.2. The van der Waals surface area contributed by atoms with Gasteiger partial charge in [-0.2, -0.15) is 9.97 Å². The number of fused-ring (bicyclic) bond motifs is 3. The van der Waals surface area contributed by atoms with Gasteiger partial charge in [-0.25, -0.2) is 18.7 Å².